The summed E-state index contributed by atoms with van der Waals surface area (Å²) in [6.45, 7) is 5.01. The van der Waals surface area contributed by atoms with Crippen LogP contribution in [0.1, 0.15) is 22.8 Å². The molecule has 3 nitrogen and oxygen atoms in total. The average molecular weight is 279 g/mol. The van der Waals surface area contributed by atoms with E-state index in [2.05, 4.69) is 11.5 Å². The van der Waals surface area contributed by atoms with Crippen molar-refractivity contribution in [2.45, 2.75) is 20.4 Å². The second-order valence-electron chi connectivity index (χ2n) is 5.08. The summed E-state index contributed by atoms with van der Waals surface area (Å²) < 4.78 is 7.60. The lowest BCUT2D eigenvalue weighted by Crippen LogP contribution is -2.08. The van der Waals surface area contributed by atoms with Crippen LogP contribution in [0.5, 0.6) is 5.75 Å². The highest BCUT2D eigenvalue weighted by Crippen LogP contribution is 2.22. The summed E-state index contributed by atoms with van der Waals surface area (Å²) in [6.07, 6.45) is 2.04. The van der Waals surface area contributed by atoms with E-state index in [9.17, 15) is 4.79 Å². The summed E-state index contributed by atoms with van der Waals surface area (Å²) in [4.78, 5) is 12.1. The van der Waals surface area contributed by atoms with Gasteiger partial charge in [0.2, 0.25) is 0 Å². The molecule has 0 amide bonds. The summed E-state index contributed by atoms with van der Waals surface area (Å²) in [5, 5.41) is 1.08. The molecule has 3 aromatic rings. The maximum absolute atomic E-state index is 12.1. The van der Waals surface area contributed by atoms with Crippen molar-refractivity contribution in [1.82, 2.24) is 4.57 Å². The first kappa shape index (κ1) is 13.4. The highest BCUT2D eigenvalue weighted by Gasteiger charge is 2.09. The fraction of sp³-hybridized carbons (Fsp3) is 0.167. The Kier molecular flexibility index (Phi) is 3.48. The number of carbonyl (C=O) groups excluding carboxylic acids is 1. The fourth-order valence-electron chi connectivity index (χ4n) is 2.37. The average Bonchev–Trinajstić information content (AvgIpc) is 2.90. The molecule has 0 saturated heterocycles. The molecule has 0 saturated carbocycles. The number of hydrogen-bond donors (Lipinski definition) is 0. The molecule has 0 spiro atoms. The van der Waals surface area contributed by atoms with E-state index < -0.39 is 0 Å². The molecule has 1 aromatic heterocycles. The molecular formula is C18H17NO2. The molecule has 21 heavy (non-hydrogen) atoms. The van der Waals surface area contributed by atoms with Gasteiger partial charge in [-0.1, -0.05) is 17.7 Å². The molecule has 0 unspecified atom stereocenters. The summed E-state index contributed by atoms with van der Waals surface area (Å²) in [5.41, 5.74) is 2.83. The highest BCUT2D eigenvalue weighted by atomic mass is 16.5. The van der Waals surface area contributed by atoms with Crippen molar-refractivity contribution in [1.29, 1.82) is 0 Å². The molecule has 3 rings (SSSR count). The second-order valence-corrected chi connectivity index (χ2v) is 5.08. The second kappa shape index (κ2) is 5.44. The molecule has 0 atom stereocenters. The topological polar surface area (TPSA) is 31.2 Å². The lowest BCUT2D eigenvalue weighted by Gasteiger charge is -2.06. The zero-order chi connectivity index (χ0) is 14.8. The van der Waals surface area contributed by atoms with Crippen LogP contribution in [0.15, 0.2) is 54.7 Å². The Balaban J connectivity index is 1.84. The first-order chi connectivity index (χ1) is 10.2. The number of benzene rings is 2. The molecule has 0 aliphatic heterocycles. The van der Waals surface area contributed by atoms with Crippen molar-refractivity contribution in [2.75, 3.05) is 0 Å². The molecule has 106 valence electrons. The summed E-state index contributed by atoms with van der Waals surface area (Å²) in [7, 11) is 0. The van der Waals surface area contributed by atoms with Crippen molar-refractivity contribution in [2.24, 2.45) is 0 Å². The van der Waals surface area contributed by atoms with Gasteiger partial charge < -0.3 is 9.30 Å². The third kappa shape index (κ3) is 2.68. The van der Waals surface area contributed by atoms with E-state index in [1.54, 1.807) is 12.1 Å². The van der Waals surface area contributed by atoms with E-state index in [-0.39, 0.29) is 5.97 Å². The number of nitrogens with zero attached hydrogens (tertiary/aromatic N) is 1. The first-order valence-electron chi connectivity index (χ1n) is 7.05. The van der Waals surface area contributed by atoms with Gasteiger partial charge in [-0.2, -0.15) is 0 Å². The number of esters is 1. The van der Waals surface area contributed by atoms with Crippen LogP contribution < -0.4 is 4.74 Å². The standard InChI is InChI=1S/C18H17NO2/c1-3-19-11-10-15-12-16(8-9-17(15)19)21-18(20)14-6-4-13(2)5-7-14/h4-12H,3H2,1-2H3. The number of carbonyl (C=O) groups is 1. The smallest absolute Gasteiger partial charge is 0.343 e. The number of fused-ring (bicyclic) bond motifs is 1. The van der Waals surface area contributed by atoms with E-state index in [0.29, 0.717) is 11.3 Å². The van der Waals surface area contributed by atoms with E-state index >= 15 is 0 Å². The molecular weight excluding hydrogens is 262 g/mol. The molecule has 0 aliphatic carbocycles. The predicted molar refractivity (Wildman–Crippen MR) is 83.7 cm³/mol. The summed E-state index contributed by atoms with van der Waals surface area (Å²) >= 11 is 0. The number of rotatable bonds is 3. The maximum Gasteiger partial charge on any atom is 0.343 e. The zero-order valence-electron chi connectivity index (χ0n) is 12.2. The SMILES string of the molecule is CCn1ccc2cc(OC(=O)c3ccc(C)cc3)ccc21. The molecule has 0 fully saturated rings. The van der Waals surface area contributed by atoms with Crippen LogP contribution >= 0.6 is 0 Å². The lowest BCUT2D eigenvalue weighted by molar-refractivity contribution is 0.0735. The minimum absolute atomic E-state index is 0.329. The van der Waals surface area contributed by atoms with Crippen LogP contribution in [-0.4, -0.2) is 10.5 Å². The van der Waals surface area contributed by atoms with Gasteiger partial charge in [-0.3, -0.25) is 0 Å². The van der Waals surface area contributed by atoms with Gasteiger partial charge >= 0.3 is 5.97 Å². The third-order valence-electron chi connectivity index (χ3n) is 3.58. The molecule has 0 bridgehead atoms. The minimum atomic E-state index is -0.329. The van der Waals surface area contributed by atoms with Crippen molar-refractivity contribution >= 4 is 16.9 Å². The summed E-state index contributed by atoms with van der Waals surface area (Å²) in [5.74, 6) is 0.242. The van der Waals surface area contributed by atoms with Gasteiger partial charge in [0, 0.05) is 23.6 Å². The Bertz CT molecular complexity index is 785. The monoisotopic (exact) mass is 279 g/mol. The van der Waals surface area contributed by atoms with E-state index in [4.69, 9.17) is 4.74 Å². The number of aromatic nitrogens is 1. The van der Waals surface area contributed by atoms with E-state index in [0.717, 1.165) is 23.0 Å². The molecule has 2 aromatic carbocycles. The van der Waals surface area contributed by atoms with Crippen LogP contribution in [-0.2, 0) is 6.54 Å². The van der Waals surface area contributed by atoms with Gasteiger partial charge in [0.15, 0.2) is 0 Å². The largest absolute Gasteiger partial charge is 0.423 e. The Morgan fingerprint density at radius 1 is 1.10 bits per heavy atom. The Morgan fingerprint density at radius 3 is 2.57 bits per heavy atom. The van der Waals surface area contributed by atoms with E-state index in [1.807, 2.05) is 49.5 Å². The Hall–Kier alpha value is -2.55. The van der Waals surface area contributed by atoms with E-state index in [1.165, 1.54) is 0 Å². The van der Waals surface area contributed by atoms with Crippen molar-refractivity contribution in [3.63, 3.8) is 0 Å². The number of hydrogen-bond acceptors (Lipinski definition) is 2. The van der Waals surface area contributed by atoms with Gasteiger partial charge in [0.1, 0.15) is 5.75 Å². The highest BCUT2D eigenvalue weighted by molar-refractivity contribution is 5.92. The molecule has 3 heteroatoms. The van der Waals surface area contributed by atoms with Crippen molar-refractivity contribution in [3.05, 3.63) is 65.9 Å². The van der Waals surface area contributed by atoms with Crippen LogP contribution in [0.4, 0.5) is 0 Å². The van der Waals surface area contributed by atoms with Gasteiger partial charge in [0.05, 0.1) is 5.56 Å². The van der Waals surface area contributed by atoms with Gasteiger partial charge in [-0.25, -0.2) is 4.79 Å². The van der Waals surface area contributed by atoms with Crippen LogP contribution in [0.3, 0.4) is 0 Å². The van der Waals surface area contributed by atoms with Gasteiger partial charge in [0.25, 0.3) is 0 Å². The van der Waals surface area contributed by atoms with Crippen LogP contribution in [0.25, 0.3) is 10.9 Å². The van der Waals surface area contributed by atoms with Gasteiger partial charge in [-0.05, 0) is 50.2 Å². The Morgan fingerprint density at radius 2 is 1.86 bits per heavy atom. The van der Waals surface area contributed by atoms with Crippen LogP contribution in [0, 0.1) is 6.92 Å². The molecule has 0 aliphatic rings. The maximum atomic E-state index is 12.1. The quantitative estimate of drug-likeness (QED) is 0.532. The summed E-state index contributed by atoms with van der Waals surface area (Å²) in [6, 6.07) is 15.1. The predicted octanol–water partition coefficient (Wildman–Crippen LogP) is 4.19. The van der Waals surface area contributed by atoms with Crippen molar-refractivity contribution < 1.29 is 9.53 Å². The minimum Gasteiger partial charge on any atom is -0.423 e. The number of aryl methyl sites for hydroxylation is 2. The van der Waals surface area contributed by atoms with Crippen LogP contribution in [0.2, 0.25) is 0 Å². The lowest BCUT2D eigenvalue weighted by atomic mass is 10.1. The van der Waals surface area contributed by atoms with Gasteiger partial charge in [-0.15, -0.1) is 0 Å². The zero-order valence-corrected chi connectivity index (χ0v) is 12.2. The molecule has 1 heterocycles. The molecule has 0 N–H and O–H groups in total. The first-order valence-corrected chi connectivity index (χ1v) is 7.05. The normalized spacial score (nSPS) is 10.8. The molecule has 0 radical (unpaired) electrons. The third-order valence-corrected chi connectivity index (χ3v) is 3.58. The Labute approximate surface area is 123 Å². The number of ether oxygens (including phenoxy) is 1. The fourth-order valence-corrected chi connectivity index (χ4v) is 2.37. The van der Waals surface area contributed by atoms with Crippen molar-refractivity contribution in [3.8, 4) is 5.75 Å².